The number of nitrogens with one attached hydrogen (secondary N) is 2. The third-order valence-corrected chi connectivity index (χ3v) is 7.73. The number of carbonyl (C=O) groups is 2. The van der Waals surface area contributed by atoms with Crippen LogP contribution in [0.2, 0.25) is 0 Å². The number of sulfonamides is 1. The Bertz CT molecular complexity index is 1020. The second-order valence-electron chi connectivity index (χ2n) is 6.99. The minimum Gasteiger partial charge on any atom is -0.482 e. The topological polar surface area (TPSA) is 105 Å². The van der Waals surface area contributed by atoms with Gasteiger partial charge in [0.05, 0.1) is 23.0 Å². The standard InChI is InChI=1S/C19H21N3O5S2/c23-18-12-27-17-6-5-15(9-16(17)21-18)29(25,26)22-7-1-3-13(11-22)19(24)20-10-14-4-2-8-28-14/h2,4-6,8-9,13H,1,3,7,10-12H2,(H,20,24)(H,21,23)/t13-/m1/s1. The smallest absolute Gasteiger partial charge is 0.262 e. The number of piperidine rings is 1. The summed E-state index contributed by atoms with van der Waals surface area (Å²) in [4.78, 5) is 25.2. The zero-order chi connectivity index (χ0) is 20.4. The van der Waals surface area contributed by atoms with Crippen LogP contribution in [-0.4, -0.2) is 44.2 Å². The van der Waals surface area contributed by atoms with E-state index in [-0.39, 0.29) is 35.8 Å². The van der Waals surface area contributed by atoms with E-state index in [4.69, 9.17) is 4.74 Å². The monoisotopic (exact) mass is 435 g/mol. The van der Waals surface area contributed by atoms with Gasteiger partial charge in [-0.1, -0.05) is 6.07 Å². The predicted molar refractivity (Wildman–Crippen MR) is 108 cm³/mol. The van der Waals surface area contributed by atoms with Crippen molar-refractivity contribution in [3.63, 3.8) is 0 Å². The second kappa shape index (κ2) is 8.13. The summed E-state index contributed by atoms with van der Waals surface area (Å²) in [5.74, 6) is -0.413. The maximum Gasteiger partial charge on any atom is 0.262 e. The summed E-state index contributed by atoms with van der Waals surface area (Å²) in [6, 6.07) is 8.28. The molecule has 3 heterocycles. The Labute approximate surface area is 172 Å². The van der Waals surface area contributed by atoms with E-state index in [9.17, 15) is 18.0 Å². The molecular weight excluding hydrogens is 414 g/mol. The van der Waals surface area contributed by atoms with E-state index in [0.29, 0.717) is 37.4 Å². The number of amides is 2. The molecule has 0 saturated carbocycles. The summed E-state index contributed by atoms with van der Waals surface area (Å²) < 4.78 is 32.8. The van der Waals surface area contributed by atoms with Gasteiger partial charge in [-0.15, -0.1) is 11.3 Å². The first-order valence-electron chi connectivity index (χ1n) is 9.30. The number of hydrogen-bond donors (Lipinski definition) is 2. The molecule has 2 aliphatic rings. The van der Waals surface area contributed by atoms with Crippen LogP contribution in [0.5, 0.6) is 5.75 Å². The van der Waals surface area contributed by atoms with Crippen LogP contribution in [0.25, 0.3) is 0 Å². The van der Waals surface area contributed by atoms with Crippen LogP contribution in [0, 0.1) is 5.92 Å². The lowest BCUT2D eigenvalue weighted by Gasteiger charge is -2.31. The molecular formula is C19H21N3O5S2. The molecule has 1 aromatic heterocycles. The zero-order valence-corrected chi connectivity index (χ0v) is 17.2. The van der Waals surface area contributed by atoms with Crippen LogP contribution in [-0.2, 0) is 26.2 Å². The summed E-state index contributed by atoms with van der Waals surface area (Å²) in [7, 11) is -3.79. The first kappa shape index (κ1) is 19.9. The normalized spacial score (nSPS) is 19.7. The second-order valence-corrected chi connectivity index (χ2v) is 9.96. The highest BCUT2D eigenvalue weighted by atomic mass is 32.2. The van der Waals surface area contributed by atoms with Gasteiger partial charge in [-0.05, 0) is 42.5 Å². The highest BCUT2D eigenvalue weighted by Gasteiger charge is 2.34. The van der Waals surface area contributed by atoms with Crippen LogP contribution in [0.15, 0.2) is 40.6 Å². The van der Waals surface area contributed by atoms with Gasteiger partial charge in [-0.25, -0.2) is 8.42 Å². The van der Waals surface area contributed by atoms with Crippen LogP contribution in [0.4, 0.5) is 5.69 Å². The van der Waals surface area contributed by atoms with Crippen molar-refractivity contribution in [1.29, 1.82) is 0 Å². The van der Waals surface area contributed by atoms with Crippen LogP contribution >= 0.6 is 11.3 Å². The number of nitrogens with zero attached hydrogens (tertiary/aromatic N) is 1. The van der Waals surface area contributed by atoms with E-state index >= 15 is 0 Å². The predicted octanol–water partition coefficient (Wildman–Crippen LogP) is 1.80. The molecule has 0 spiro atoms. The number of fused-ring (bicyclic) bond motifs is 1. The van der Waals surface area contributed by atoms with Crippen molar-refractivity contribution < 1.29 is 22.7 Å². The SMILES string of the molecule is O=C1COc2ccc(S(=O)(=O)N3CCC[C@@H](C(=O)NCc4cccs4)C3)cc2N1. The molecule has 2 N–H and O–H groups in total. The summed E-state index contributed by atoms with van der Waals surface area (Å²) in [6.07, 6.45) is 1.26. The molecule has 2 aromatic rings. The molecule has 29 heavy (non-hydrogen) atoms. The fourth-order valence-corrected chi connectivity index (χ4v) is 5.67. The summed E-state index contributed by atoms with van der Waals surface area (Å²) in [5, 5.41) is 7.47. The Morgan fingerprint density at radius 3 is 3.00 bits per heavy atom. The van der Waals surface area contributed by atoms with Crippen molar-refractivity contribution in [2.24, 2.45) is 5.92 Å². The first-order valence-corrected chi connectivity index (χ1v) is 11.6. The van der Waals surface area contributed by atoms with Crippen molar-refractivity contribution in [1.82, 2.24) is 9.62 Å². The maximum atomic E-state index is 13.1. The number of benzene rings is 1. The molecule has 0 bridgehead atoms. The minimum atomic E-state index is -3.79. The number of thiophene rings is 1. The van der Waals surface area contributed by atoms with E-state index < -0.39 is 10.0 Å². The Kier molecular flexibility index (Phi) is 5.57. The lowest BCUT2D eigenvalue weighted by molar-refractivity contribution is -0.126. The van der Waals surface area contributed by atoms with Gasteiger partial charge in [-0.3, -0.25) is 9.59 Å². The first-order chi connectivity index (χ1) is 13.9. The number of anilines is 1. The minimum absolute atomic E-state index is 0.0710. The highest BCUT2D eigenvalue weighted by Crippen LogP contribution is 2.32. The Balaban J connectivity index is 1.46. The zero-order valence-electron chi connectivity index (χ0n) is 15.6. The molecule has 8 nitrogen and oxygen atoms in total. The highest BCUT2D eigenvalue weighted by molar-refractivity contribution is 7.89. The van der Waals surface area contributed by atoms with E-state index in [0.717, 1.165) is 4.88 Å². The number of hydrogen-bond acceptors (Lipinski definition) is 6. The molecule has 10 heteroatoms. The van der Waals surface area contributed by atoms with Gasteiger partial charge in [0.25, 0.3) is 5.91 Å². The third kappa shape index (κ3) is 4.29. The third-order valence-electron chi connectivity index (χ3n) is 4.99. The Morgan fingerprint density at radius 2 is 2.21 bits per heavy atom. The number of carbonyl (C=O) groups excluding carboxylic acids is 2. The Morgan fingerprint density at radius 1 is 1.34 bits per heavy atom. The summed E-state index contributed by atoms with van der Waals surface area (Å²) >= 11 is 1.56. The van der Waals surface area contributed by atoms with Crippen LogP contribution < -0.4 is 15.4 Å². The number of ether oxygens (including phenoxy) is 1. The average molecular weight is 436 g/mol. The van der Waals surface area contributed by atoms with Gasteiger partial charge >= 0.3 is 0 Å². The molecule has 2 amide bonds. The van der Waals surface area contributed by atoms with E-state index in [1.165, 1.54) is 22.5 Å². The van der Waals surface area contributed by atoms with Crippen LogP contribution in [0.3, 0.4) is 0 Å². The molecule has 4 rings (SSSR count). The van der Waals surface area contributed by atoms with Crippen molar-refractivity contribution >= 4 is 38.9 Å². The quantitative estimate of drug-likeness (QED) is 0.745. The fourth-order valence-electron chi connectivity index (χ4n) is 3.48. The Hall–Kier alpha value is -2.43. The van der Waals surface area contributed by atoms with Gasteiger partial charge in [0.1, 0.15) is 5.75 Å². The van der Waals surface area contributed by atoms with Crippen molar-refractivity contribution in [3.8, 4) is 5.75 Å². The van der Waals surface area contributed by atoms with Crippen molar-refractivity contribution in [2.45, 2.75) is 24.3 Å². The van der Waals surface area contributed by atoms with E-state index in [1.54, 1.807) is 11.3 Å². The fraction of sp³-hybridized carbons (Fsp3) is 0.368. The lowest BCUT2D eigenvalue weighted by Crippen LogP contribution is -2.45. The van der Waals surface area contributed by atoms with Gasteiger partial charge in [-0.2, -0.15) is 4.31 Å². The molecule has 1 fully saturated rings. The summed E-state index contributed by atoms with van der Waals surface area (Å²) in [5.41, 5.74) is 0.338. The van der Waals surface area contributed by atoms with Crippen LogP contribution in [0.1, 0.15) is 17.7 Å². The van der Waals surface area contributed by atoms with Crippen molar-refractivity contribution in [3.05, 3.63) is 40.6 Å². The molecule has 154 valence electrons. The number of rotatable bonds is 5. The average Bonchev–Trinajstić information content (AvgIpc) is 3.25. The van der Waals surface area contributed by atoms with E-state index in [1.807, 2.05) is 17.5 Å². The maximum absolute atomic E-state index is 13.1. The van der Waals surface area contributed by atoms with Gasteiger partial charge < -0.3 is 15.4 Å². The molecule has 0 unspecified atom stereocenters. The lowest BCUT2D eigenvalue weighted by atomic mass is 9.99. The largest absolute Gasteiger partial charge is 0.482 e. The molecule has 1 aromatic carbocycles. The molecule has 2 aliphatic heterocycles. The van der Waals surface area contributed by atoms with E-state index in [2.05, 4.69) is 10.6 Å². The van der Waals surface area contributed by atoms with Gasteiger partial charge in [0.15, 0.2) is 6.61 Å². The summed E-state index contributed by atoms with van der Waals surface area (Å²) in [6.45, 7) is 0.854. The van der Waals surface area contributed by atoms with Gasteiger partial charge in [0.2, 0.25) is 15.9 Å². The molecule has 0 aliphatic carbocycles. The molecule has 0 radical (unpaired) electrons. The molecule has 1 saturated heterocycles. The van der Waals surface area contributed by atoms with Gasteiger partial charge in [0, 0.05) is 18.0 Å². The molecule has 1 atom stereocenters. The van der Waals surface area contributed by atoms with Crippen molar-refractivity contribution in [2.75, 3.05) is 25.0 Å².